The number of aliphatic carboxylic acids is 1. The normalized spacial score (nSPS) is 14.5. The number of alkyl carbamates (subject to hydrolysis) is 1. The largest absolute Gasteiger partial charge is 0.480 e. The van der Waals surface area contributed by atoms with E-state index in [9.17, 15) is 19.5 Å². The van der Waals surface area contributed by atoms with Crippen molar-refractivity contribution in [2.24, 2.45) is 11.3 Å². The van der Waals surface area contributed by atoms with Crippen molar-refractivity contribution in [2.45, 2.75) is 46.1 Å². The molecule has 0 fully saturated rings. The minimum Gasteiger partial charge on any atom is -0.480 e. The molecule has 0 saturated carbocycles. The van der Waals surface area contributed by atoms with Gasteiger partial charge in [-0.05, 0) is 34.1 Å². The predicted octanol–water partition coefficient (Wildman–Crippen LogP) is 4.17. The van der Waals surface area contributed by atoms with Crippen molar-refractivity contribution in [1.29, 1.82) is 0 Å². The standard InChI is InChI=1S/C26H32N2O5/c1-5-16(23(29)28-22(24(30)31)26(2,3)4)14-27-25(32)33-15-21-19-12-8-6-10-17(19)18-11-7-9-13-20(18)21/h6-13,16,21-22H,5,14-15H2,1-4H3,(H,27,32)(H,28,29)(H,30,31)/t16?,22-/m1/s1. The molecule has 0 heterocycles. The summed E-state index contributed by atoms with van der Waals surface area (Å²) in [5, 5.41) is 14.7. The highest BCUT2D eigenvalue weighted by atomic mass is 16.5. The number of fused-ring (bicyclic) bond motifs is 3. The molecule has 7 nitrogen and oxygen atoms in total. The van der Waals surface area contributed by atoms with Gasteiger partial charge in [0.05, 0.1) is 5.92 Å². The molecule has 3 rings (SSSR count). The van der Waals surface area contributed by atoms with Gasteiger partial charge in [-0.2, -0.15) is 0 Å². The summed E-state index contributed by atoms with van der Waals surface area (Å²) in [5.41, 5.74) is 3.91. The van der Waals surface area contributed by atoms with E-state index in [1.807, 2.05) is 43.3 Å². The third-order valence-corrected chi connectivity index (χ3v) is 6.10. The molecule has 1 aliphatic carbocycles. The molecule has 0 bridgehead atoms. The molecule has 0 radical (unpaired) electrons. The zero-order chi connectivity index (χ0) is 24.2. The summed E-state index contributed by atoms with van der Waals surface area (Å²) in [6.07, 6.45) is -0.153. The molecule has 1 unspecified atom stereocenters. The van der Waals surface area contributed by atoms with Crippen LogP contribution in [0.15, 0.2) is 48.5 Å². The Balaban J connectivity index is 1.57. The first kappa shape index (κ1) is 24.3. The molecule has 3 N–H and O–H groups in total. The lowest BCUT2D eigenvalue weighted by atomic mass is 9.86. The molecule has 1 aliphatic rings. The van der Waals surface area contributed by atoms with Crippen LogP contribution in [0.25, 0.3) is 11.1 Å². The van der Waals surface area contributed by atoms with Gasteiger partial charge >= 0.3 is 12.1 Å². The number of amides is 2. The summed E-state index contributed by atoms with van der Waals surface area (Å²) < 4.78 is 5.51. The first-order valence-corrected chi connectivity index (χ1v) is 11.3. The smallest absolute Gasteiger partial charge is 0.407 e. The molecule has 2 amide bonds. The van der Waals surface area contributed by atoms with E-state index in [4.69, 9.17) is 4.74 Å². The summed E-state index contributed by atoms with van der Waals surface area (Å²) in [6.45, 7) is 7.33. The van der Waals surface area contributed by atoms with Gasteiger partial charge in [0, 0.05) is 12.5 Å². The van der Waals surface area contributed by atoms with Gasteiger partial charge in [-0.3, -0.25) is 4.79 Å². The number of hydrogen-bond acceptors (Lipinski definition) is 4. The summed E-state index contributed by atoms with van der Waals surface area (Å²) in [5.74, 6) is -2.10. The highest BCUT2D eigenvalue weighted by Crippen LogP contribution is 2.44. The molecule has 33 heavy (non-hydrogen) atoms. The summed E-state index contributed by atoms with van der Waals surface area (Å²) in [7, 11) is 0. The average Bonchev–Trinajstić information content (AvgIpc) is 3.09. The van der Waals surface area contributed by atoms with Crippen molar-refractivity contribution in [3.63, 3.8) is 0 Å². The second kappa shape index (κ2) is 10.1. The number of benzene rings is 2. The molecule has 0 aromatic heterocycles. The Hall–Kier alpha value is -3.35. The van der Waals surface area contributed by atoms with Crippen LogP contribution in [0.3, 0.4) is 0 Å². The van der Waals surface area contributed by atoms with Crippen molar-refractivity contribution in [2.75, 3.05) is 13.2 Å². The zero-order valence-electron chi connectivity index (χ0n) is 19.6. The highest BCUT2D eigenvalue weighted by molar-refractivity contribution is 5.86. The number of carbonyl (C=O) groups excluding carboxylic acids is 2. The molecule has 0 aliphatic heterocycles. The van der Waals surface area contributed by atoms with Crippen molar-refractivity contribution in [3.8, 4) is 11.1 Å². The summed E-state index contributed by atoms with van der Waals surface area (Å²) in [6, 6.07) is 15.2. The Morgan fingerprint density at radius 1 is 1.00 bits per heavy atom. The quantitative estimate of drug-likeness (QED) is 0.558. The van der Waals surface area contributed by atoms with Crippen LogP contribution >= 0.6 is 0 Å². The van der Waals surface area contributed by atoms with Crippen molar-refractivity contribution >= 4 is 18.0 Å². The van der Waals surface area contributed by atoms with Crippen LogP contribution in [0.4, 0.5) is 4.79 Å². The Morgan fingerprint density at radius 2 is 1.55 bits per heavy atom. The molecule has 7 heteroatoms. The van der Waals surface area contributed by atoms with Crippen LogP contribution in [0.5, 0.6) is 0 Å². The monoisotopic (exact) mass is 452 g/mol. The predicted molar refractivity (Wildman–Crippen MR) is 126 cm³/mol. The Morgan fingerprint density at radius 3 is 2.03 bits per heavy atom. The molecule has 0 spiro atoms. The lowest BCUT2D eigenvalue weighted by Gasteiger charge is -2.29. The van der Waals surface area contributed by atoms with Crippen molar-refractivity contribution in [1.82, 2.24) is 10.6 Å². The van der Waals surface area contributed by atoms with Gasteiger partial charge in [0.25, 0.3) is 0 Å². The maximum absolute atomic E-state index is 12.6. The van der Waals surface area contributed by atoms with E-state index in [1.165, 1.54) is 0 Å². The number of ether oxygens (including phenoxy) is 1. The van der Waals surface area contributed by atoms with E-state index in [2.05, 4.69) is 22.8 Å². The van der Waals surface area contributed by atoms with Crippen molar-refractivity contribution < 1.29 is 24.2 Å². The van der Waals surface area contributed by atoms with Gasteiger partial charge in [0.2, 0.25) is 5.91 Å². The lowest BCUT2D eigenvalue weighted by Crippen LogP contribution is -2.52. The molecule has 2 aromatic rings. The molecule has 176 valence electrons. The SMILES string of the molecule is CCC(CNC(=O)OCC1c2ccccc2-c2ccccc21)C(=O)N[C@H](C(=O)O)C(C)(C)C. The number of carboxylic acids is 1. The van der Waals surface area contributed by atoms with Crippen LogP contribution in [0.1, 0.15) is 51.2 Å². The number of hydrogen-bond donors (Lipinski definition) is 3. The molecule has 2 atom stereocenters. The van der Waals surface area contributed by atoms with E-state index in [1.54, 1.807) is 20.8 Å². The molecular weight excluding hydrogens is 420 g/mol. The second-order valence-corrected chi connectivity index (χ2v) is 9.46. The fourth-order valence-electron chi connectivity index (χ4n) is 4.19. The lowest BCUT2D eigenvalue weighted by molar-refractivity contribution is -0.145. The van der Waals surface area contributed by atoms with E-state index in [-0.39, 0.29) is 19.1 Å². The third kappa shape index (κ3) is 5.53. The van der Waals surface area contributed by atoms with Gasteiger partial charge < -0.3 is 20.5 Å². The number of carboxylic acid groups (broad SMARTS) is 1. The molecule has 0 saturated heterocycles. The first-order valence-electron chi connectivity index (χ1n) is 11.3. The van der Waals surface area contributed by atoms with Crippen LogP contribution < -0.4 is 10.6 Å². The maximum atomic E-state index is 12.6. The fraction of sp³-hybridized carbons (Fsp3) is 0.423. The van der Waals surface area contributed by atoms with Crippen LogP contribution in [-0.4, -0.2) is 42.3 Å². The summed E-state index contributed by atoms with van der Waals surface area (Å²) in [4.78, 5) is 36.6. The third-order valence-electron chi connectivity index (χ3n) is 6.10. The van der Waals surface area contributed by atoms with E-state index in [0.717, 1.165) is 22.3 Å². The Kier molecular flexibility index (Phi) is 7.41. The number of rotatable bonds is 8. The average molecular weight is 453 g/mol. The van der Waals surface area contributed by atoms with E-state index < -0.39 is 35.3 Å². The minimum atomic E-state index is -1.09. The van der Waals surface area contributed by atoms with Crippen LogP contribution in [0, 0.1) is 11.3 Å². The van der Waals surface area contributed by atoms with Crippen LogP contribution in [-0.2, 0) is 14.3 Å². The van der Waals surface area contributed by atoms with Gasteiger partial charge in [0.1, 0.15) is 12.6 Å². The zero-order valence-corrected chi connectivity index (χ0v) is 19.6. The summed E-state index contributed by atoms with van der Waals surface area (Å²) >= 11 is 0. The number of nitrogens with one attached hydrogen (secondary N) is 2. The molecular formula is C26H32N2O5. The van der Waals surface area contributed by atoms with Gasteiger partial charge in [-0.1, -0.05) is 76.2 Å². The topological polar surface area (TPSA) is 105 Å². The van der Waals surface area contributed by atoms with E-state index in [0.29, 0.717) is 6.42 Å². The Bertz CT molecular complexity index is 982. The first-order chi connectivity index (χ1) is 15.6. The van der Waals surface area contributed by atoms with Crippen LogP contribution in [0.2, 0.25) is 0 Å². The Labute approximate surface area is 194 Å². The minimum absolute atomic E-state index is 0.0449. The molecule has 2 aromatic carbocycles. The van der Waals surface area contributed by atoms with Gasteiger partial charge in [0.15, 0.2) is 0 Å². The maximum Gasteiger partial charge on any atom is 0.407 e. The van der Waals surface area contributed by atoms with Crippen molar-refractivity contribution in [3.05, 3.63) is 59.7 Å². The van der Waals surface area contributed by atoms with E-state index >= 15 is 0 Å². The van der Waals surface area contributed by atoms with Gasteiger partial charge in [-0.15, -0.1) is 0 Å². The second-order valence-electron chi connectivity index (χ2n) is 9.46. The fourth-order valence-corrected chi connectivity index (χ4v) is 4.19. The highest BCUT2D eigenvalue weighted by Gasteiger charge is 2.34. The number of carbonyl (C=O) groups is 3. The van der Waals surface area contributed by atoms with Gasteiger partial charge in [-0.25, -0.2) is 9.59 Å².